The van der Waals surface area contributed by atoms with Crippen molar-refractivity contribution >= 4 is 11.7 Å². The molecule has 19 heavy (non-hydrogen) atoms. The first-order valence-corrected chi connectivity index (χ1v) is 7.19. The molecular weight excluding hydrogens is 238 g/mol. The Bertz CT molecular complexity index is 485. The molecule has 2 aliphatic rings. The number of ether oxygens (including phenoxy) is 1. The topological polar surface area (TPSA) is 38.3 Å². The first kappa shape index (κ1) is 12.5. The van der Waals surface area contributed by atoms with Crippen LogP contribution in [0.5, 0.6) is 0 Å². The van der Waals surface area contributed by atoms with Gasteiger partial charge in [0.25, 0.3) is 0 Å². The molecule has 0 spiro atoms. The van der Waals surface area contributed by atoms with Crippen molar-refractivity contribution in [2.75, 3.05) is 12.4 Å². The molecule has 0 unspecified atom stereocenters. The average molecular weight is 259 g/mol. The van der Waals surface area contributed by atoms with Crippen LogP contribution in [0.3, 0.4) is 0 Å². The van der Waals surface area contributed by atoms with Gasteiger partial charge in [-0.1, -0.05) is 37.5 Å². The molecule has 1 aliphatic heterocycles. The molecule has 2 atom stereocenters. The lowest BCUT2D eigenvalue weighted by Crippen LogP contribution is -2.50. The molecule has 0 bridgehead atoms. The lowest BCUT2D eigenvalue weighted by molar-refractivity contribution is -0.154. The molecule has 3 nitrogen and oxygen atoms in total. The summed E-state index contributed by atoms with van der Waals surface area (Å²) in [5, 5.41) is 3.59. The molecular formula is C16H21NO2. The maximum atomic E-state index is 12.4. The lowest BCUT2D eigenvalue weighted by Gasteiger charge is -2.42. The highest BCUT2D eigenvalue weighted by molar-refractivity contribution is 5.80. The third-order valence-electron chi connectivity index (χ3n) is 4.73. The van der Waals surface area contributed by atoms with Gasteiger partial charge in [0.2, 0.25) is 0 Å². The summed E-state index contributed by atoms with van der Waals surface area (Å²) >= 11 is 0. The fourth-order valence-corrected chi connectivity index (χ4v) is 3.70. The Labute approximate surface area is 114 Å². The quantitative estimate of drug-likeness (QED) is 0.787. The van der Waals surface area contributed by atoms with E-state index in [9.17, 15) is 4.79 Å². The summed E-state index contributed by atoms with van der Waals surface area (Å²) in [4.78, 5) is 12.4. The van der Waals surface area contributed by atoms with Gasteiger partial charge in [-0.15, -0.1) is 0 Å². The zero-order valence-corrected chi connectivity index (χ0v) is 11.4. The van der Waals surface area contributed by atoms with Crippen LogP contribution in [0.15, 0.2) is 24.3 Å². The Morgan fingerprint density at radius 1 is 1.32 bits per heavy atom. The van der Waals surface area contributed by atoms with Gasteiger partial charge in [-0.05, 0) is 30.9 Å². The first-order chi connectivity index (χ1) is 9.26. The van der Waals surface area contributed by atoms with Crippen LogP contribution in [-0.2, 0) is 16.0 Å². The number of fused-ring (bicyclic) bond motifs is 2. The van der Waals surface area contributed by atoms with E-state index in [1.54, 1.807) is 0 Å². The van der Waals surface area contributed by atoms with Gasteiger partial charge < -0.3 is 10.1 Å². The summed E-state index contributed by atoms with van der Waals surface area (Å²) in [7, 11) is 1.51. The van der Waals surface area contributed by atoms with Crippen LogP contribution in [0.1, 0.15) is 37.7 Å². The normalized spacial score (nSPS) is 29.4. The SMILES string of the molecule is COC(=O)[C@@]12CCCCC[C@H]1Nc1ccccc1C2. The Morgan fingerprint density at radius 3 is 3.00 bits per heavy atom. The number of methoxy groups -OCH3 is 1. The van der Waals surface area contributed by atoms with Crippen molar-refractivity contribution in [2.24, 2.45) is 5.41 Å². The lowest BCUT2D eigenvalue weighted by atomic mass is 9.69. The molecule has 1 N–H and O–H groups in total. The summed E-state index contributed by atoms with van der Waals surface area (Å²) in [5.41, 5.74) is 2.07. The standard InChI is InChI=1S/C16H21NO2/c1-19-15(18)16-10-6-2-3-9-14(16)17-13-8-5-4-7-12(13)11-16/h4-5,7-8,14,17H,2-3,6,9-11H2,1H3/t14-,16-/m1/s1. The molecule has 0 aromatic heterocycles. The smallest absolute Gasteiger partial charge is 0.314 e. The number of para-hydroxylation sites is 1. The minimum Gasteiger partial charge on any atom is -0.469 e. The Hall–Kier alpha value is -1.51. The van der Waals surface area contributed by atoms with E-state index in [0.717, 1.165) is 25.7 Å². The predicted molar refractivity (Wildman–Crippen MR) is 75.1 cm³/mol. The molecule has 3 rings (SSSR count). The second-order valence-corrected chi connectivity index (χ2v) is 5.78. The van der Waals surface area contributed by atoms with Crippen molar-refractivity contribution in [3.05, 3.63) is 29.8 Å². The van der Waals surface area contributed by atoms with Crippen LogP contribution < -0.4 is 5.32 Å². The van der Waals surface area contributed by atoms with E-state index in [1.165, 1.54) is 31.2 Å². The number of carbonyl (C=O) groups is 1. The van der Waals surface area contributed by atoms with E-state index in [2.05, 4.69) is 17.4 Å². The summed E-state index contributed by atoms with van der Waals surface area (Å²) in [6.45, 7) is 0. The Kier molecular flexibility index (Phi) is 3.21. The summed E-state index contributed by atoms with van der Waals surface area (Å²) < 4.78 is 5.14. The monoisotopic (exact) mass is 259 g/mol. The van der Waals surface area contributed by atoms with Gasteiger partial charge in [0.1, 0.15) is 0 Å². The van der Waals surface area contributed by atoms with Gasteiger partial charge in [-0.3, -0.25) is 4.79 Å². The van der Waals surface area contributed by atoms with Crippen LogP contribution in [-0.4, -0.2) is 19.1 Å². The fourth-order valence-electron chi connectivity index (χ4n) is 3.70. The minimum absolute atomic E-state index is 0.0404. The molecule has 0 radical (unpaired) electrons. The van der Waals surface area contributed by atoms with E-state index in [4.69, 9.17) is 4.74 Å². The molecule has 3 heteroatoms. The number of anilines is 1. The summed E-state index contributed by atoms with van der Waals surface area (Å²) in [5.74, 6) is -0.0404. The van der Waals surface area contributed by atoms with E-state index in [-0.39, 0.29) is 17.4 Å². The number of rotatable bonds is 1. The molecule has 1 aliphatic carbocycles. The zero-order chi connectivity index (χ0) is 13.3. The van der Waals surface area contributed by atoms with E-state index < -0.39 is 0 Å². The van der Waals surface area contributed by atoms with Crippen LogP contribution >= 0.6 is 0 Å². The maximum Gasteiger partial charge on any atom is 0.314 e. The van der Waals surface area contributed by atoms with Gasteiger partial charge in [-0.25, -0.2) is 0 Å². The second kappa shape index (κ2) is 4.87. The third-order valence-corrected chi connectivity index (χ3v) is 4.73. The van der Waals surface area contributed by atoms with Gasteiger partial charge >= 0.3 is 5.97 Å². The van der Waals surface area contributed by atoms with Crippen LogP contribution in [0, 0.1) is 5.41 Å². The van der Waals surface area contributed by atoms with Crippen LogP contribution in [0.4, 0.5) is 5.69 Å². The van der Waals surface area contributed by atoms with Crippen molar-refractivity contribution in [1.29, 1.82) is 0 Å². The predicted octanol–water partition coefficient (Wildman–Crippen LogP) is 3.15. The molecule has 1 aromatic carbocycles. The largest absolute Gasteiger partial charge is 0.469 e. The highest BCUT2D eigenvalue weighted by Crippen LogP contribution is 2.45. The number of benzene rings is 1. The van der Waals surface area contributed by atoms with Gasteiger partial charge in [0.05, 0.1) is 12.5 Å². The number of carbonyl (C=O) groups excluding carboxylic acids is 1. The molecule has 1 heterocycles. The Morgan fingerprint density at radius 2 is 2.16 bits per heavy atom. The van der Waals surface area contributed by atoms with Crippen LogP contribution in [0.2, 0.25) is 0 Å². The minimum atomic E-state index is -0.362. The van der Waals surface area contributed by atoms with E-state index in [0.29, 0.717) is 0 Å². The highest BCUT2D eigenvalue weighted by Gasteiger charge is 2.49. The molecule has 1 aromatic rings. The fraction of sp³-hybridized carbons (Fsp3) is 0.562. The maximum absolute atomic E-state index is 12.4. The Balaban J connectivity index is 2.03. The van der Waals surface area contributed by atoms with Crippen molar-refractivity contribution < 1.29 is 9.53 Å². The van der Waals surface area contributed by atoms with Crippen molar-refractivity contribution in [1.82, 2.24) is 0 Å². The molecule has 0 saturated heterocycles. The number of hydrogen-bond donors (Lipinski definition) is 1. The molecule has 1 fully saturated rings. The highest BCUT2D eigenvalue weighted by atomic mass is 16.5. The van der Waals surface area contributed by atoms with E-state index in [1.807, 2.05) is 12.1 Å². The van der Waals surface area contributed by atoms with Crippen molar-refractivity contribution in [2.45, 2.75) is 44.6 Å². The summed E-state index contributed by atoms with van der Waals surface area (Å²) in [6.07, 6.45) is 6.34. The zero-order valence-electron chi connectivity index (χ0n) is 11.4. The second-order valence-electron chi connectivity index (χ2n) is 5.78. The number of hydrogen-bond acceptors (Lipinski definition) is 3. The first-order valence-electron chi connectivity index (χ1n) is 7.19. The third kappa shape index (κ3) is 2.01. The molecule has 0 amide bonds. The van der Waals surface area contributed by atoms with Gasteiger partial charge in [-0.2, -0.15) is 0 Å². The molecule has 102 valence electrons. The van der Waals surface area contributed by atoms with Gasteiger partial charge in [0, 0.05) is 11.7 Å². The van der Waals surface area contributed by atoms with Gasteiger partial charge in [0.15, 0.2) is 0 Å². The molecule has 1 saturated carbocycles. The summed E-state index contributed by atoms with van der Waals surface area (Å²) in [6, 6.07) is 8.54. The number of esters is 1. The van der Waals surface area contributed by atoms with Crippen LogP contribution in [0.25, 0.3) is 0 Å². The van der Waals surface area contributed by atoms with E-state index >= 15 is 0 Å². The average Bonchev–Trinajstić information content (AvgIpc) is 2.66. The van der Waals surface area contributed by atoms with Crippen molar-refractivity contribution in [3.8, 4) is 0 Å². The van der Waals surface area contributed by atoms with Crippen molar-refractivity contribution in [3.63, 3.8) is 0 Å². The number of nitrogens with one attached hydrogen (secondary N) is 1.